The number of amides is 1. The maximum absolute atomic E-state index is 12.0. The maximum atomic E-state index is 12.0. The SMILES string of the molecule is Cc1cc(NC(=O)CN2CCC[C@@H]2C(=O)O)ccc1Br. The Hall–Kier alpha value is -1.40. The molecule has 1 atom stereocenters. The highest BCUT2D eigenvalue weighted by molar-refractivity contribution is 9.10. The molecule has 0 aliphatic carbocycles. The molecular formula is C14H17BrN2O3. The van der Waals surface area contributed by atoms with E-state index in [0.717, 1.165) is 22.1 Å². The highest BCUT2D eigenvalue weighted by atomic mass is 79.9. The maximum Gasteiger partial charge on any atom is 0.320 e. The van der Waals surface area contributed by atoms with E-state index in [0.29, 0.717) is 13.0 Å². The van der Waals surface area contributed by atoms with Gasteiger partial charge in [-0.1, -0.05) is 15.9 Å². The number of nitrogens with zero attached hydrogens (tertiary/aromatic N) is 1. The van der Waals surface area contributed by atoms with Crippen LogP contribution in [-0.4, -0.2) is 41.0 Å². The number of halogens is 1. The second kappa shape index (κ2) is 6.37. The summed E-state index contributed by atoms with van der Waals surface area (Å²) in [5, 5.41) is 11.9. The Bertz CT molecular complexity index is 533. The summed E-state index contributed by atoms with van der Waals surface area (Å²) in [5.41, 5.74) is 1.76. The van der Waals surface area contributed by atoms with Gasteiger partial charge in [-0.05, 0) is 50.1 Å². The van der Waals surface area contributed by atoms with Crippen LogP contribution in [0.15, 0.2) is 22.7 Å². The second-order valence-electron chi connectivity index (χ2n) is 4.98. The van der Waals surface area contributed by atoms with Gasteiger partial charge in [0.15, 0.2) is 0 Å². The van der Waals surface area contributed by atoms with Gasteiger partial charge in [0.2, 0.25) is 5.91 Å². The van der Waals surface area contributed by atoms with Gasteiger partial charge in [-0.15, -0.1) is 0 Å². The number of carbonyl (C=O) groups is 2. The summed E-state index contributed by atoms with van der Waals surface area (Å²) in [5.74, 6) is -1.03. The lowest BCUT2D eigenvalue weighted by Gasteiger charge is -2.20. The van der Waals surface area contributed by atoms with Gasteiger partial charge in [-0.3, -0.25) is 14.5 Å². The molecule has 0 bridgehead atoms. The Kier molecular flexibility index (Phi) is 4.77. The molecule has 5 nitrogen and oxygen atoms in total. The van der Waals surface area contributed by atoms with E-state index in [1.54, 1.807) is 4.90 Å². The van der Waals surface area contributed by atoms with E-state index in [-0.39, 0.29) is 12.5 Å². The van der Waals surface area contributed by atoms with Crippen LogP contribution < -0.4 is 5.32 Å². The first-order chi connectivity index (χ1) is 9.47. The van der Waals surface area contributed by atoms with Crippen LogP contribution in [0.5, 0.6) is 0 Å². The number of likely N-dealkylation sites (tertiary alicyclic amines) is 1. The average molecular weight is 341 g/mol. The number of carboxylic acid groups (broad SMARTS) is 1. The van der Waals surface area contributed by atoms with Gasteiger partial charge in [0.25, 0.3) is 0 Å². The lowest BCUT2D eigenvalue weighted by atomic mass is 10.2. The smallest absolute Gasteiger partial charge is 0.320 e. The predicted octanol–water partition coefficient (Wildman–Crippen LogP) is 2.25. The Morgan fingerprint density at radius 2 is 2.25 bits per heavy atom. The van der Waals surface area contributed by atoms with E-state index in [1.165, 1.54) is 0 Å². The molecule has 1 fully saturated rings. The van der Waals surface area contributed by atoms with E-state index in [2.05, 4.69) is 21.2 Å². The van der Waals surface area contributed by atoms with Gasteiger partial charge < -0.3 is 10.4 Å². The number of carbonyl (C=O) groups excluding carboxylic acids is 1. The molecule has 6 heteroatoms. The van der Waals surface area contributed by atoms with Gasteiger partial charge in [0, 0.05) is 10.2 Å². The molecule has 0 aromatic heterocycles. The molecular weight excluding hydrogens is 324 g/mol. The van der Waals surface area contributed by atoms with Crippen LogP contribution in [-0.2, 0) is 9.59 Å². The van der Waals surface area contributed by atoms with Crippen LogP contribution in [0, 0.1) is 6.92 Å². The van der Waals surface area contributed by atoms with Crippen LogP contribution >= 0.6 is 15.9 Å². The van der Waals surface area contributed by atoms with E-state index in [1.807, 2.05) is 25.1 Å². The summed E-state index contributed by atoms with van der Waals surface area (Å²) in [6, 6.07) is 5.03. The standard InChI is InChI=1S/C14H17BrN2O3/c1-9-7-10(4-5-11(9)15)16-13(18)8-17-6-2-3-12(17)14(19)20/h4-5,7,12H,2-3,6,8H2,1H3,(H,16,18)(H,19,20)/t12-/m1/s1. The van der Waals surface area contributed by atoms with Crippen molar-refractivity contribution < 1.29 is 14.7 Å². The number of rotatable bonds is 4. The van der Waals surface area contributed by atoms with Crippen molar-refractivity contribution in [2.24, 2.45) is 0 Å². The van der Waals surface area contributed by atoms with Gasteiger partial charge >= 0.3 is 5.97 Å². The molecule has 108 valence electrons. The van der Waals surface area contributed by atoms with Crippen LogP contribution in [0.4, 0.5) is 5.69 Å². The zero-order valence-corrected chi connectivity index (χ0v) is 12.8. The molecule has 0 unspecified atom stereocenters. The molecule has 1 aromatic carbocycles. The quantitative estimate of drug-likeness (QED) is 0.881. The van der Waals surface area contributed by atoms with Gasteiger partial charge in [-0.2, -0.15) is 0 Å². The zero-order valence-electron chi connectivity index (χ0n) is 11.2. The summed E-state index contributed by atoms with van der Waals surface area (Å²) in [6.45, 7) is 2.72. The largest absolute Gasteiger partial charge is 0.480 e. The number of carboxylic acids is 1. The lowest BCUT2D eigenvalue weighted by Crippen LogP contribution is -2.40. The summed E-state index contributed by atoms with van der Waals surface area (Å²) in [6.07, 6.45) is 1.43. The van der Waals surface area contributed by atoms with E-state index >= 15 is 0 Å². The third-order valence-corrected chi connectivity index (χ3v) is 4.33. The first-order valence-corrected chi connectivity index (χ1v) is 7.29. The Balaban J connectivity index is 1.95. The van der Waals surface area contributed by atoms with Crippen molar-refractivity contribution in [3.63, 3.8) is 0 Å². The highest BCUT2D eigenvalue weighted by Crippen LogP contribution is 2.21. The van der Waals surface area contributed by atoms with Crippen molar-refractivity contribution in [2.75, 3.05) is 18.4 Å². The number of nitrogens with one attached hydrogen (secondary N) is 1. The fourth-order valence-electron chi connectivity index (χ4n) is 2.40. The third-order valence-electron chi connectivity index (χ3n) is 3.44. The van der Waals surface area contributed by atoms with Crippen molar-refractivity contribution in [1.82, 2.24) is 4.90 Å². The van der Waals surface area contributed by atoms with Crippen molar-refractivity contribution in [2.45, 2.75) is 25.8 Å². The van der Waals surface area contributed by atoms with Crippen LogP contribution in [0.3, 0.4) is 0 Å². The van der Waals surface area contributed by atoms with Crippen molar-refractivity contribution >= 4 is 33.5 Å². The van der Waals surface area contributed by atoms with Crippen molar-refractivity contribution in [1.29, 1.82) is 0 Å². The topological polar surface area (TPSA) is 69.6 Å². The molecule has 0 spiro atoms. The lowest BCUT2D eigenvalue weighted by molar-refractivity contribution is -0.142. The Morgan fingerprint density at radius 1 is 1.50 bits per heavy atom. The highest BCUT2D eigenvalue weighted by Gasteiger charge is 2.31. The minimum Gasteiger partial charge on any atom is -0.480 e. The number of aryl methyl sites for hydroxylation is 1. The molecule has 1 aliphatic heterocycles. The van der Waals surface area contributed by atoms with Gasteiger partial charge in [0.1, 0.15) is 6.04 Å². The first-order valence-electron chi connectivity index (χ1n) is 6.50. The number of hydrogen-bond acceptors (Lipinski definition) is 3. The number of anilines is 1. The molecule has 1 saturated heterocycles. The summed E-state index contributed by atoms with van der Waals surface area (Å²) in [4.78, 5) is 24.7. The summed E-state index contributed by atoms with van der Waals surface area (Å²) >= 11 is 3.40. The summed E-state index contributed by atoms with van der Waals surface area (Å²) in [7, 11) is 0. The third kappa shape index (κ3) is 3.58. The van der Waals surface area contributed by atoms with E-state index in [9.17, 15) is 9.59 Å². The minimum atomic E-state index is -0.852. The molecule has 1 aromatic rings. The van der Waals surface area contributed by atoms with E-state index in [4.69, 9.17) is 5.11 Å². The van der Waals surface area contributed by atoms with E-state index < -0.39 is 12.0 Å². The Labute approximate surface area is 126 Å². The predicted molar refractivity (Wildman–Crippen MR) is 79.7 cm³/mol. The molecule has 20 heavy (non-hydrogen) atoms. The molecule has 1 heterocycles. The van der Waals surface area contributed by atoms with Crippen LogP contribution in [0.25, 0.3) is 0 Å². The van der Waals surface area contributed by atoms with Gasteiger partial charge in [-0.25, -0.2) is 0 Å². The van der Waals surface area contributed by atoms with Gasteiger partial charge in [0.05, 0.1) is 6.54 Å². The zero-order chi connectivity index (χ0) is 14.7. The molecule has 1 aliphatic rings. The molecule has 2 N–H and O–H groups in total. The molecule has 0 saturated carbocycles. The Morgan fingerprint density at radius 3 is 2.90 bits per heavy atom. The minimum absolute atomic E-state index is 0.117. The summed E-state index contributed by atoms with van der Waals surface area (Å²) < 4.78 is 0.987. The monoisotopic (exact) mass is 340 g/mol. The van der Waals surface area contributed by atoms with Crippen molar-refractivity contribution in [3.05, 3.63) is 28.2 Å². The molecule has 1 amide bonds. The number of aliphatic carboxylic acids is 1. The van der Waals surface area contributed by atoms with Crippen LogP contribution in [0.1, 0.15) is 18.4 Å². The normalized spacial score (nSPS) is 19.0. The number of hydrogen-bond donors (Lipinski definition) is 2. The van der Waals surface area contributed by atoms with Crippen LogP contribution in [0.2, 0.25) is 0 Å². The molecule has 2 rings (SSSR count). The second-order valence-corrected chi connectivity index (χ2v) is 5.83. The fraction of sp³-hybridized carbons (Fsp3) is 0.429. The average Bonchev–Trinajstić information content (AvgIpc) is 2.82. The molecule has 0 radical (unpaired) electrons. The fourth-order valence-corrected chi connectivity index (χ4v) is 2.65. The number of benzene rings is 1. The first kappa shape index (κ1) is 15.0. The van der Waals surface area contributed by atoms with Crippen molar-refractivity contribution in [3.8, 4) is 0 Å².